The van der Waals surface area contributed by atoms with Crippen LogP contribution in [0, 0.1) is 6.92 Å². The summed E-state index contributed by atoms with van der Waals surface area (Å²) < 4.78 is 1.59. The van der Waals surface area contributed by atoms with Gasteiger partial charge in [-0.1, -0.05) is 19.3 Å². The van der Waals surface area contributed by atoms with Gasteiger partial charge in [0.25, 0.3) is 5.91 Å². The Labute approximate surface area is 169 Å². The zero-order valence-corrected chi connectivity index (χ0v) is 16.6. The number of carbonyl (C=O) groups is 3. The van der Waals surface area contributed by atoms with Gasteiger partial charge in [-0.3, -0.25) is 28.8 Å². The Balaban J connectivity index is 1.64. The Bertz CT molecular complexity index is 998. The van der Waals surface area contributed by atoms with Gasteiger partial charge in [-0.05, 0) is 61.7 Å². The van der Waals surface area contributed by atoms with Crippen molar-refractivity contribution in [3.05, 3.63) is 59.2 Å². The van der Waals surface area contributed by atoms with E-state index in [4.69, 9.17) is 4.99 Å². The van der Waals surface area contributed by atoms with E-state index in [1.807, 2.05) is 19.1 Å². The van der Waals surface area contributed by atoms with Crippen LogP contribution in [0.4, 0.5) is 5.69 Å². The Morgan fingerprint density at radius 3 is 2.28 bits per heavy atom. The van der Waals surface area contributed by atoms with Gasteiger partial charge < -0.3 is 0 Å². The lowest BCUT2D eigenvalue weighted by Gasteiger charge is -2.18. The minimum Gasteiger partial charge on any atom is -0.274 e. The Kier molecular flexibility index (Phi) is 5.43. The summed E-state index contributed by atoms with van der Waals surface area (Å²) in [5, 5.41) is 0. The maximum absolute atomic E-state index is 13.1. The van der Waals surface area contributed by atoms with Gasteiger partial charge in [0.1, 0.15) is 5.49 Å². The van der Waals surface area contributed by atoms with Gasteiger partial charge in [0.05, 0.1) is 11.7 Å². The van der Waals surface area contributed by atoms with Crippen LogP contribution < -0.4 is 10.4 Å². The molecule has 0 N–H and O–H groups in total. The van der Waals surface area contributed by atoms with Gasteiger partial charge in [0.2, 0.25) is 11.8 Å². The molecule has 0 atom stereocenters. The van der Waals surface area contributed by atoms with Crippen molar-refractivity contribution in [3.8, 4) is 0 Å². The van der Waals surface area contributed by atoms with Gasteiger partial charge in [-0.25, -0.2) is 0 Å². The highest BCUT2D eigenvalue weighted by molar-refractivity contribution is 6.19. The molecule has 0 bridgehead atoms. The molecule has 2 amide bonds. The van der Waals surface area contributed by atoms with Crippen molar-refractivity contribution in [1.29, 1.82) is 0 Å². The summed E-state index contributed by atoms with van der Waals surface area (Å²) in [6.07, 6.45) is 8.00. The Hall–Kier alpha value is -3.02. The minimum atomic E-state index is -0.199. The quantitative estimate of drug-likeness (QED) is 0.753. The van der Waals surface area contributed by atoms with Crippen molar-refractivity contribution < 1.29 is 14.4 Å². The number of aromatic nitrogens is 1. The largest absolute Gasteiger partial charge is 0.274 e. The van der Waals surface area contributed by atoms with Crippen molar-refractivity contribution in [3.63, 3.8) is 0 Å². The monoisotopic (exact) mass is 391 g/mol. The number of imide groups is 1. The molecular formula is C23H25N3O3. The normalized spacial score (nSPS) is 18.5. The summed E-state index contributed by atoms with van der Waals surface area (Å²) in [4.78, 5) is 43.0. The third-order valence-corrected chi connectivity index (χ3v) is 5.62. The molecule has 6 heteroatoms. The average Bonchev–Trinajstić information content (AvgIpc) is 3.07. The molecule has 0 unspecified atom stereocenters. The highest BCUT2D eigenvalue weighted by Crippen LogP contribution is 2.23. The number of rotatable bonds is 3. The van der Waals surface area contributed by atoms with E-state index < -0.39 is 0 Å². The lowest BCUT2D eigenvalue weighted by Crippen LogP contribution is -2.30. The van der Waals surface area contributed by atoms with Crippen molar-refractivity contribution in [1.82, 2.24) is 4.57 Å². The highest BCUT2D eigenvalue weighted by Gasteiger charge is 2.30. The lowest BCUT2D eigenvalue weighted by molar-refractivity contribution is -0.121. The predicted molar refractivity (Wildman–Crippen MR) is 110 cm³/mol. The number of carbonyl (C=O) groups excluding carboxylic acids is 3. The van der Waals surface area contributed by atoms with Gasteiger partial charge in [0.15, 0.2) is 0 Å². The molecule has 1 aromatic carbocycles. The van der Waals surface area contributed by atoms with Crippen LogP contribution >= 0.6 is 0 Å². The van der Waals surface area contributed by atoms with E-state index in [1.165, 1.54) is 24.2 Å². The molecule has 1 aromatic heterocycles. The zero-order valence-electron chi connectivity index (χ0n) is 16.6. The van der Waals surface area contributed by atoms with Crippen LogP contribution in [-0.2, 0) is 9.59 Å². The number of hydrogen-bond donors (Lipinski definition) is 0. The predicted octanol–water partition coefficient (Wildman–Crippen LogP) is 3.37. The lowest BCUT2D eigenvalue weighted by atomic mass is 9.96. The number of pyridine rings is 1. The van der Waals surface area contributed by atoms with E-state index in [2.05, 4.69) is 0 Å². The second-order valence-corrected chi connectivity index (χ2v) is 7.83. The molecule has 2 fully saturated rings. The first-order valence-electron chi connectivity index (χ1n) is 10.3. The van der Waals surface area contributed by atoms with Crippen molar-refractivity contribution in [2.24, 2.45) is 4.99 Å². The van der Waals surface area contributed by atoms with Crippen LogP contribution in [0.15, 0.2) is 47.6 Å². The van der Waals surface area contributed by atoms with E-state index in [9.17, 15) is 14.4 Å². The number of anilines is 1. The molecule has 0 radical (unpaired) electrons. The summed E-state index contributed by atoms with van der Waals surface area (Å²) in [5.74, 6) is -0.573. The number of hydrogen-bond acceptors (Lipinski definition) is 4. The maximum atomic E-state index is 13.1. The highest BCUT2D eigenvalue weighted by atomic mass is 16.2. The number of amides is 2. The van der Waals surface area contributed by atoms with Crippen molar-refractivity contribution in [2.45, 2.75) is 57.9 Å². The van der Waals surface area contributed by atoms with Crippen molar-refractivity contribution in [2.75, 3.05) is 4.90 Å². The third-order valence-electron chi connectivity index (χ3n) is 5.62. The van der Waals surface area contributed by atoms with Gasteiger partial charge in [0, 0.05) is 24.6 Å². The average molecular weight is 391 g/mol. The van der Waals surface area contributed by atoms with Crippen LogP contribution in [0.25, 0.3) is 0 Å². The first-order valence-corrected chi connectivity index (χ1v) is 10.3. The van der Waals surface area contributed by atoms with E-state index in [1.54, 1.807) is 35.0 Å². The number of aryl methyl sites for hydroxylation is 1. The molecule has 4 rings (SSSR count). The SMILES string of the molecule is Cc1ccn(C(=O)c2ccc(N3C(=O)CCC3=O)cc2)c(=NC2CCCCC2)c1. The molecule has 2 aliphatic rings. The number of nitrogens with zero attached hydrogens (tertiary/aromatic N) is 3. The standard InChI is InChI=1S/C23H25N3O3/c1-16-13-14-25(20(15-16)24-18-5-3-2-4-6-18)23(29)17-7-9-19(10-8-17)26-21(27)11-12-22(26)28/h7-10,13-15,18H,2-6,11-12H2,1H3. The molecule has 1 aliphatic carbocycles. The molecule has 150 valence electrons. The second-order valence-electron chi connectivity index (χ2n) is 7.83. The third kappa shape index (κ3) is 4.06. The molecule has 1 saturated heterocycles. The molecule has 29 heavy (non-hydrogen) atoms. The fourth-order valence-electron chi connectivity index (χ4n) is 4.01. The van der Waals surface area contributed by atoms with Crippen LogP contribution in [0.3, 0.4) is 0 Å². The second kappa shape index (κ2) is 8.15. The van der Waals surface area contributed by atoms with Gasteiger partial charge in [-0.2, -0.15) is 0 Å². The fourth-order valence-corrected chi connectivity index (χ4v) is 4.01. The van der Waals surface area contributed by atoms with E-state index in [0.29, 0.717) is 16.7 Å². The molecule has 2 aromatic rings. The zero-order chi connectivity index (χ0) is 20.4. The molecule has 1 saturated carbocycles. The molecular weight excluding hydrogens is 366 g/mol. The van der Waals surface area contributed by atoms with Gasteiger partial charge >= 0.3 is 0 Å². The molecule has 1 aliphatic heterocycles. The van der Waals surface area contributed by atoms with E-state index >= 15 is 0 Å². The van der Waals surface area contributed by atoms with E-state index in [-0.39, 0.29) is 36.6 Å². The summed E-state index contributed by atoms with van der Waals surface area (Å²) >= 11 is 0. The Morgan fingerprint density at radius 1 is 0.966 bits per heavy atom. The summed E-state index contributed by atoms with van der Waals surface area (Å²) in [6.45, 7) is 1.99. The summed E-state index contributed by atoms with van der Waals surface area (Å²) in [7, 11) is 0. The minimum absolute atomic E-state index is 0.176. The number of benzene rings is 1. The first kappa shape index (κ1) is 19.3. The van der Waals surface area contributed by atoms with Crippen LogP contribution in [0.1, 0.15) is 60.9 Å². The fraction of sp³-hybridized carbons (Fsp3) is 0.391. The van der Waals surface area contributed by atoms with Crippen LogP contribution in [0.5, 0.6) is 0 Å². The molecule has 2 heterocycles. The van der Waals surface area contributed by atoms with Crippen LogP contribution in [0.2, 0.25) is 0 Å². The van der Waals surface area contributed by atoms with Crippen LogP contribution in [-0.4, -0.2) is 28.3 Å². The first-order chi connectivity index (χ1) is 14.0. The summed E-state index contributed by atoms with van der Waals surface area (Å²) in [6, 6.07) is 10.7. The smallest absolute Gasteiger partial charge is 0.263 e. The Morgan fingerprint density at radius 2 is 1.62 bits per heavy atom. The van der Waals surface area contributed by atoms with E-state index in [0.717, 1.165) is 18.4 Å². The summed E-state index contributed by atoms with van der Waals surface area (Å²) in [5.41, 5.74) is 2.73. The molecule has 6 nitrogen and oxygen atoms in total. The van der Waals surface area contributed by atoms with Crippen molar-refractivity contribution >= 4 is 23.4 Å². The molecule has 0 spiro atoms. The van der Waals surface area contributed by atoms with Gasteiger partial charge in [-0.15, -0.1) is 0 Å². The topological polar surface area (TPSA) is 71.7 Å². The maximum Gasteiger partial charge on any atom is 0.263 e.